The number of hydrogen-bond acceptors (Lipinski definition) is 5. The first kappa shape index (κ1) is 32.7. The quantitative estimate of drug-likeness (QED) is 0.150. The second kappa shape index (κ2) is 13.0. The summed E-state index contributed by atoms with van der Waals surface area (Å²) in [4.78, 5) is 34.0. The van der Waals surface area contributed by atoms with Gasteiger partial charge in [-0.05, 0) is 69.7 Å². The average molecular weight is 624 g/mol. The molecule has 0 aliphatic rings. The molecule has 4 N–H and O–H groups in total. The Balaban J connectivity index is 0.00000484. The fourth-order valence-electron chi connectivity index (χ4n) is 4.03. The van der Waals surface area contributed by atoms with Crippen molar-refractivity contribution in [2.45, 2.75) is 39.5 Å². The van der Waals surface area contributed by atoms with Crippen LogP contribution in [0.1, 0.15) is 52.6 Å². The highest BCUT2D eigenvalue weighted by Crippen LogP contribution is 2.33. The summed E-state index contributed by atoms with van der Waals surface area (Å²) >= 11 is 6.20. The highest BCUT2D eigenvalue weighted by molar-refractivity contribution is 6.31. The lowest BCUT2D eigenvalue weighted by atomic mass is 10.1. The molecule has 0 aliphatic carbocycles. The molecule has 8 nitrogen and oxygen atoms in total. The number of aromatic nitrogens is 2. The standard InChI is InChI=1S/C29H29ClF3N5O3.ClH/c1-16-21(30)10-7-11-22(16)36-26(40)19-14-17(35-25(39)18-8-5-6-9-20(18)29(31,32)33)15-23-24(19)38-27(37-23)34-12-13-41-28(2,3)4;/h5-11,14-15H,12-13H2,1-4H3,(H,35,39)(H,36,40)(H2,34,37,38);1H. The molecule has 42 heavy (non-hydrogen) atoms. The van der Waals surface area contributed by atoms with Crippen LogP contribution >= 0.6 is 24.0 Å². The number of benzene rings is 3. The van der Waals surface area contributed by atoms with Gasteiger partial charge in [-0.15, -0.1) is 12.4 Å². The first-order valence-corrected chi connectivity index (χ1v) is 13.1. The van der Waals surface area contributed by atoms with Gasteiger partial charge in [0, 0.05) is 22.9 Å². The molecule has 0 radical (unpaired) electrons. The molecule has 2 amide bonds. The average Bonchev–Trinajstić information content (AvgIpc) is 3.30. The van der Waals surface area contributed by atoms with E-state index in [1.807, 2.05) is 20.8 Å². The van der Waals surface area contributed by atoms with Gasteiger partial charge in [-0.1, -0.05) is 29.8 Å². The third-order valence-electron chi connectivity index (χ3n) is 6.01. The highest BCUT2D eigenvalue weighted by atomic mass is 35.5. The van der Waals surface area contributed by atoms with Crippen LogP contribution in [-0.2, 0) is 10.9 Å². The van der Waals surface area contributed by atoms with Crippen LogP contribution in [0.15, 0.2) is 54.6 Å². The number of H-pyrrole nitrogens is 1. The van der Waals surface area contributed by atoms with Gasteiger partial charge in [0.15, 0.2) is 0 Å². The molecule has 13 heteroatoms. The van der Waals surface area contributed by atoms with Crippen molar-refractivity contribution in [3.05, 3.63) is 81.9 Å². The summed E-state index contributed by atoms with van der Waals surface area (Å²) < 4.78 is 46.3. The Morgan fingerprint density at radius 3 is 2.36 bits per heavy atom. The Morgan fingerprint density at radius 2 is 1.67 bits per heavy atom. The van der Waals surface area contributed by atoms with Gasteiger partial charge in [-0.3, -0.25) is 9.59 Å². The summed E-state index contributed by atoms with van der Waals surface area (Å²) in [7, 11) is 0. The van der Waals surface area contributed by atoms with Gasteiger partial charge in [0.25, 0.3) is 11.8 Å². The molecule has 0 fully saturated rings. The second-order valence-corrected chi connectivity index (χ2v) is 10.7. The van der Waals surface area contributed by atoms with E-state index in [1.54, 1.807) is 25.1 Å². The van der Waals surface area contributed by atoms with Gasteiger partial charge in [-0.25, -0.2) is 4.98 Å². The smallest absolute Gasteiger partial charge is 0.374 e. The SMILES string of the molecule is Cc1c(Cl)cccc1NC(=O)c1cc(NC(=O)c2ccccc2C(F)(F)F)cc2[nH]c(NCCOC(C)(C)C)nc12.Cl. The molecular weight excluding hydrogens is 594 g/mol. The number of rotatable bonds is 8. The van der Waals surface area contributed by atoms with Crippen molar-refractivity contribution >= 4 is 64.2 Å². The number of ether oxygens (including phenoxy) is 1. The van der Waals surface area contributed by atoms with E-state index >= 15 is 0 Å². The first-order valence-electron chi connectivity index (χ1n) is 12.7. The van der Waals surface area contributed by atoms with Gasteiger partial charge in [0.2, 0.25) is 5.95 Å². The molecule has 0 aliphatic heterocycles. The fourth-order valence-corrected chi connectivity index (χ4v) is 4.21. The van der Waals surface area contributed by atoms with E-state index in [0.717, 1.165) is 12.1 Å². The molecule has 0 unspecified atom stereocenters. The molecule has 1 heterocycles. The Kier molecular flexibility index (Phi) is 10.1. The maximum Gasteiger partial charge on any atom is 0.417 e. The predicted molar refractivity (Wildman–Crippen MR) is 161 cm³/mol. The number of amides is 2. The van der Waals surface area contributed by atoms with Crippen molar-refractivity contribution in [3.8, 4) is 0 Å². The number of aromatic amines is 1. The van der Waals surface area contributed by atoms with E-state index in [-0.39, 0.29) is 34.8 Å². The van der Waals surface area contributed by atoms with Crippen molar-refractivity contribution in [1.82, 2.24) is 9.97 Å². The normalized spacial score (nSPS) is 11.6. The van der Waals surface area contributed by atoms with Crippen molar-refractivity contribution < 1.29 is 27.5 Å². The number of carbonyl (C=O) groups excluding carboxylic acids is 2. The number of alkyl halides is 3. The van der Waals surface area contributed by atoms with Crippen LogP contribution in [0.3, 0.4) is 0 Å². The van der Waals surface area contributed by atoms with Crippen LogP contribution in [0.2, 0.25) is 5.02 Å². The summed E-state index contributed by atoms with van der Waals surface area (Å²) in [6.45, 7) is 8.36. The molecule has 4 rings (SSSR count). The Bertz CT molecular complexity index is 1600. The van der Waals surface area contributed by atoms with Crippen LogP contribution in [-0.4, -0.2) is 40.5 Å². The largest absolute Gasteiger partial charge is 0.417 e. The van der Waals surface area contributed by atoms with Gasteiger partial charge < -0.3 is 25.7 Å². The number of carbonyl (C=O) groups is 2. The van der Waals surface area contributed by atoms with E-state index in [2.05, 4.69) is 25.9 Å². The van der Waals surface area contributed by atoms with Gasteiger partial charge in [0.05, 0.1) is 34.4 Å². The zero-order chi connectivity index (χ0) is 29.9. The molecule has 224 valence electrons. The van der Waals surface area contributed by atoms with E-state index < -0.39 is 29.1 Å². The monoisotopic (exact) mass is 623 g/mol. The lowest BCUT2D eigenvalue weighted by molar-refractivity contribution is -0.137. The Hall–Kier alpha value is -3.80. The van der Waals surface area contributed by atoms with E-state index in [4.69, 9.17) is 16.3 Å². The van der Waals surface area contributed by atoms with Crippen molar-refractivity contribution in [3.63, 3.8) is 0 Å². The van der Waals surface area contributed by atoms with Crippen LogP contribution in [0, 0.1) is 6.92 Å². The van der Waals surface area contributed by atoms with Crippen LogP contribution in [0.25, 0.3) is 11.0 Å². The molecule has 3 aromatic carbocycles. The summed E-state index contributed by atoms with van der Waals surface area (Å²) in [5.74, 6) is -1.19. The summed E-state index contributed by atoms with van der Waals surface area (Å²) in [5.41, 5.74) is 0.0129. The summed E-state index contributed by atoms with van der Waals surface area (Å²) in [6, 6.07) is 12.4. The third kappa shape index (κ3) is 7.93. The van der Waals surface area contributed by atoms with E-state index in [1.165, 1.54) is 24.3 Å². The molecule has 0 saturated heterocycles. The minimum atomic E-state index is -4.72. The van der Waals surface area contributed by atoms with Crippen molar-refractivity contribution in [2.75, 3.05) is 29.1 Å². The minimum Gasteiger partial charge on any atom is -0.374 e. The Morgan fingerprint density at radius 1 is 0.976 bits per heavy atom. The molecule has 0 atom stereocenters. The van der Waals surface area contributed by atoms with Crippen LogP contribution in [0.5, 0.6) is 0 Å². The molecular formula is C29H30Cl2F3N5O3. The predicted octanol–water partition coefficient (Wildman–Crippen LogP) is 7.70. The Labute approximate surface area is 251 Å². The number of nitrogens with zero attached hydrogens (tertiary/aromatic N) is 1. The van der Waals surface area contributed by atoms with Crippen LogP contribution < -0.4 is 16.0 Å². The topological polar surface area (TPSA) is 108 Å². The first-order chi connectivity index (χ1) is 19.2. The maximum atomic E-state index is 13.5. The van der Waals surface area contributed by atoms with E-state index in [9.17, 15) is 22.8 Å². The number of hydrogen-bond donors (Lipinski definition) is 4. The lowest BCUT2D eigenvalue weighted by Gasteiger charge is -2.19. The van der Waals surface area contributed by atoms with Gasteiger partial charge in [-0.2, -0.15) is 13.2 Å². The number of fused-ring (bicyclic) bond motifs is 1. The molecule has 0 spiro atoms. The van der Waals surface area contributed by atoms with Crippen LogP contribution in [0.4, 0.5) is 30.5 Å². The summed E-state index contributed by atoms with van der Waals surface area (Å²) in [6.07, 6.45) is -4.72. The fraction of sp³-hybridized carbons (Fsp3) is 0.276. The zero-order valence-electron chi connectivity index (χ0n) is 23.2. The van der Waals surface area contributed by atoms with Crippen molar-refractivity contribution in [2.24, 2.45) is 0 Å². The minimum absolute atomic E-state index is 0. The maximum absolute atomic E-state index is 13.5. The zero-order valence-corrected chi connectivity index (χ0v) is 24.8. The number of nitrogens with one attached hydrogen (secondary N) is 4. The molecule has 0 bridgehead atoms. The second-order valence-electron chi connectivity index (χ2n) is 10.3. The molecule has 0 saturated carbocycles. The number of imidazole rings is 1. The lowest BCUT2D eigenvalue weighted by Crippen LogP contribution is -2.23. The number of halogens is 5. The highest BCUT2D eigenvalue weighted by Gasteiger charge is 2.35. The van der Waals surface area contributed by atoms with Gasteiger partial charge >= 0.3 is 6.18 Å². The van der Waals surface area contributed by atoms with Gasteiger partial charge in [0.1, 0.15) is 5.52 Å². The third-order valence-corrected chi connectivity index (χ3v) is 6.42. The molecule has 1 aromatic heterocycles. The summed E-state index contributed by atoms with van der Waals surface area (Å²) in [5, 5.41) is 8.85. The number of anilines is 3. The molecule has 4 aromatic rings. The van der Waals surface area contributed by atoms with E-state index in [0.29, 0.717) is 40.9 Å². The van der Waals surface area contributed by atoms with Crippen molar-refractivity contribution in [1.29, 1.82) is 0 Å².